The summed E-state index contributed by atoms with van der Waals surface area (Å²) in [5.74, 6) is -2.89. The van der Waals surface area contributed by atoms with Crippen molar-refractivity contribution in [1.82, 2.24) is 25.5 Å². The monoisotopic (exact) mass is 333 g/mol. The quantitative estimate of drug-likeness (QED) is 0.793. The molecule has 1 aromatic heterocycles. The van der Waals surface area contributed by atoms with Gasteiger partial charge in [0.05, 0.1) is 12.2 Å². The van der Waals surface area contributed by atoms with E-state index in [1.165, 1.54) is 24.3 Å². The lowest BCUT2D eigenvalue weighted by molar-refractivity contribution is 0.0949. The topological polar surface area (TPSA) is 72.7 Å². The standard InChI is InChI=1S/C15H10F3N5O/c16-10-3-1-2-9(6-10)15(24)19-8-14-20-21-22-23(14)11-4-5-12(17)13(18)7-11/h1-7H,8H2,(H,19,24). The van der Waals surface area contributed by atoms with E-state index in [0.717, 1.165) is 22.9 Å². The molecule has 1 N–H and O–H groups in total. The summed E-state index contributed by atoms with van der Waals surface area (Å²) in [5, 5.41) is 13.4. The second-order valence-electron chi connectivity index (χ2n) is 4.80. The predicted octanol–water partition coefficient (Wildman–Crippen LogP) is 2.01. The molecule has 0 aliphatic rings. The van der Waals surface area contributed by atoms with Crippen LogP contribution < -0.4 is 5.32 Å². The van der Waals surface area contributed by atoms with Crippen LogP contribution in [0.2, 0.25) is 0 Å². The van der Waals surface area contributed by atoms with Gasteiger partial charge in [0.1, 0.15) is 5.82 Å². The number of tetrazole rings is 1. The van der Waals surface area contributed by atoms with Crippen molar-refractivity contribution in [2.24, 2.45) is 0 Å². The van der Waals surface area contributed by atoms with Crippen molar-refractivity contribution in [3.63, 3.8) is 0 Å². The minimum Gasteiger partial charge on any atom is -0.345 e. The van der Waals surface area contributed by atoms with Crippen molar-refractivity contribution >= 4 is 5.91 Å². The number of nitrogens with zero attached hydrogens (tertiary/aromatic N) is 4. The van der Waals surface area contributed by atoms with Crippen LogP contribution in [-0.2, 0) is 6.54 Å². The van der Waals surface area contributed by atoms with Crippen LogP contribution in [0.4, 0.5) is 13.2 Å². The van der Waals surface area contributed by atoms with Crippen molar-refractivity contribution in [2.45, 2.75) is 6.54 Å². The maximum absolute atomic E-state index is 13.3. The van der Waals surface area contributed by atoms with Gasteiger partial charge in [0.2, 0.25) is 0 Å². The molecule has 24 heavy (non-hydrogen) atoms. The number of carbonyl (C=O) groups is 1. The van der Waals surface area contributed by atoms with Gasteiger partial charge in [-0.25, -0.2) is 13.2 Å². The number of carbonyl (C=O) groups excluding carboxylic acids is 1. The number of aromatic nitrogens is 4. The van der Waals surface area contributed by atoms with Gasteiger partial charge in [-0.1, -0.05) is 6.07 Å². The van der Waals surface area contributed by atoms with Crippen molar-refractivity contribution in [1.29, 1.82) is 0 Å². The first-order valence-electron chi connectivity index (χ1n) is 6.81. The van der Waals surface area contributed by atoms with E-state index >= 15 is 0 Å². The Bertz CT molecular complexity index is 896. The SMILES string of the molecule is O=C(NCc1nnnn1-c1ccc(F)c(F)c1)c1cccc(F)c1. The van der Waals surface area contributed by atoms with Gasteiger partial charge in [-0.2, -0.15) is 4.68 Å². The average molecular weight is 333 g/mol. The summed E-state index contributed by atoms with van der Waals surface area (Å²) >= 11 is 0. The predicted molar refractivity (Wildman–Crippen MR) is 76.6 cm³/mol. The third kappa shape index (κ3) is 3.24. The van der Waals surface area contributed by atoms with Gasteiger partial charge in [0.25, 0.3) is 5.91 Å². The summed E-state index contributed by atoms with van der Waals surface area (Å²) in [6.07, 6.45) is 0. The van der Waals surface area contributed by atoms with E-state index in [4.69, 9.17) is 0 Å². The van der Waals surface area contributed by atoms with E-state index in [-0.39, 0.29) is 23.6 Å². The summed E-state index contributed by atoms with van der Waals surface area (Å²) in [4.78, 5) is 12.0. The third-order valence-electron chi connectivity index (χ3n) is 3.18. The number of benzene rings is 2. The van der Waals surface area contributed by atoms with E-state index in [9.17, 15) is 18.0 Å². The smallest absolute Gasteiger partial charge is 0.251 e. The van der Waals surface area contributed by atoms with Gasteiger partial charge in [-0.15, -0.1) is 5.10 Å². The van der Waals surface area contributed by atoms with Crippen LogP contribution in [0.15, 0.2) is 42.5 Å². The normalized spacial score (nSPS) is 10.6. The number of hydrogen-bond acceptors (Lipinski definition) is 4. The van der Waals surface area contributed by atoms with Gasteiger partial charge in [0, 0.05) is 11.6 Å². The second kappa shape index (κ2) is 6.49. The van der Waals surface area contributed by atoms with E-state index < -0.39 is 23.4 Å². The van der Waals surface area contributed by atoms with Gasteiger partial charge in [-0.05, 0) is 40.8 Å². The molecular formula is C15H10F3N5O. The third-order valence-corrected chi connectivity index (χ3v) is 3.18. The Balaban J connectivity index is 1.76. The zero-order valence-corrected chi connectivity index (χ0v) is 12.1. The zero-order chi connectivity index (χ0) is 17.1. The highest BCUT2D eigenvalue weighted by atomic mass is 19.2. The van der Waals surface area contributed by atoms with Gasteiger partial charge in [-0.3, -0.25) is 4.79 Å². The first-order chi connectivity index (χ1) is 11.5. The molecule has 9 heteroatoms. The van der Waals surface area contributed by atoms with E-state index in [0.29, 0.717) is 0 Å². The highest BCUT2D eigenvalue weighted by molar-refractivity contribution is 5.94. The molecular weight excluding hydrogens is 323 g/mol. The van der Waals surface area contributed by atoms with Crippen LogP contribution in [0.25, 0.3) is 5.69 Å². The molecule has 0 radical (unpaired) electrons. The largest absolute Gasteiger partial charge is 0.345 e. The second-order valence-corrected chi connectivity index (χ2v) is 4.80. The maximum atomic E-state index is 13.3. The van der Waals surface area contributed by atoms with Crippen molar-refractivity contribution in [3.05, 3.63) is 71.3 Å². The van der Waals surface area contributed by atoms with Crippen LogP contribution >= 0.6 is 0 Å². The number of hydrogen-bond donors (Lipinski definition) is 1. The molecule has 1 heterocycles. The van der Waals surface area contributed by atoms with Crippen LogP contribution in [0, 0.1) is 17.5 Å². The minimum absolute atomic E-state index is 0.0820. The number of amides is 1. The Morgan fingerprint density at radius 3 is 2.67 bits per heavy atom. The number of nitrogens with one attached hydrogen (secondary N) is 1. The Morgan fingerprint density at radius 1 is 1.08 bits per heavy atom. The average Bonchev–Trinajstić information content (AvgIpc) is 3.03. The van der Waals surface area contributed by atoms with Gasteiger partial charge < -0.3 is 5.32 Å². The minimum atomic E-state index is -1.04. The molecule has 6 nitrogen and oxygen atoms in total. The summed E-state index contributed by atoms with van der Waals surface area (Å²) in [6.45, 7) is -0.0820. The fourth-order valence-corrected chi connectivity index (χ4v) is 2.02. The fourth-order valence-electron chi connectivity index (χ4n) is 2.02. The molecule has 1 amide bonds. The molecule has 0 aliphatic carbocycles. The van der Waals surface area contributed by atoms with Crippen LogP contribution in [0.1, 0.15) is 16.2 Å². The lowest BCUT2D eigenvalue weighted by atomic mass is 10.2. The number of halogens is 3. The lowest BCUT2D eigenvalue weighted by Gasteiger charge is -2.07. The van der Waals surface area contributed by atoms with Crippen LogP contribution in [0.5, 0.6) is 0 Å². The molecule has 0 saturated heterocycles. The first-order valence-corrected chi connectivity index (χ1v) is 6.81. The lowest BCUT2D eigenvalue weighted by Crippen LogP contribution is -2.24. The molecule has 0 saturated carbocycles. The number of rotatable bonds is 4. The van der Waals surface area contributed by atoms with E-state index in [1.54, 1.807) is 0 Å². The first kappa shape index (κ1) is 15.7. The molecule has 2 aromatic carbocycles. The molecule has 3 rings (SSSR count). The summed E-state index contributed by atoms with van der Waals surface area (Å²) < 4.78 is 40.6. The van der Waals surface area contributed by atoms with E-state index in [1.807, 2.05) is 0 Å². The summed E-state index contributed by atoms with van der Waals surface area (Å²) in [5.41, 5.74) is 0.343. The summed E-state index contributed by atoms with van der Waals surface area (Å²) in [6, 6.07) is 8.36. The van der Waals surface area contributed by atoms with E-state index in [2.05, 4.69) is 20.8 Å². The Hall–Kier alpha value is -3.23. The Kier molecular flexibility index (Phi) is 4.23. The van der Waals surface area contributed by atoms with Crippen LogP contribution in [0.3, 0.4) is 0 Å². The molecule has 3 aromatic rings. The molecule has 0 atom stereocenters. The Labute approximate surface area is 133 Å². The highest BCUT2D eigenvalue weighted by Gasteiger charge is 2.13. The molecule has 122 valence electrons. The molecule has 0 unspecified atom stereocenters. The van der Waals surface area contributed by atoms with Crippen LogP contribution in [-0.4, -0.2) is 26.1 Å². The zero-order valence-electron chi connectivity index (χ0n) is 12.1. The van der Waals surface area contributed by atoms with Gasteiger partial charge in [0.15, 0.2) is 17.5 Å². The van der Waals surface area contributed by atoms with Crippen molar-refractivity contribution in [3.8, 4) is 5.69 Å². The summed E-state index contributed by atoms with van der Waals surface area (Å²) in [7, 11) is 0. The van der Waals surface area contributed by atoms with Crippen molar-refractivity contribution in [2.75, 3.05) is 0 Å². The Morgan fingerprint density at radius 2 is 1.92 bits per heavy atom. The maximum Gasteiger partial charge on any atom is 0.251 e. The fraction of sp³-hybridized carbons (Fsp3) is 0.0667. The highest BCUT2D eigenvalue weighted by Crippen LogP contribution is 2.13. The van der Waals surface area contributed by atoms with Gasteiger partial charge >= 0.3 is 0 Å². The molecule has 0 aliphatic heterocycles. The van der Waals surface area contributed by atoms with Crippen molar-refractivity contribution < 1.29 is 18.0 Å². The molecule has 0 spiro atoms. The molecule has 0 bridgehead atoms. The molecule has 0 fully saturated rings.